The Bertz CT molecular complexity index is 485. The number of hydrogen-bond donors (Lipinski definition) is 1. The number of aromatic nitrogens is 1. The first-order valence-corrected chi connectivity index (χ1v) is 5.59. The molecule has 0 saturated carbocycles. The lowest BCUT2D eigenvalue weighted by Gasteiger charge is -2.06. The molecule has 0 unspecified atom stereocenters. The van der Waals surface area contributed by atoms with Gasteiger partial charge in [-0.1, -0.05) is 23.7 Å². The number of aliphatic hydroxyl groups excluding tert-OH is 1. The van der Waals surface area contributed by atoms with Crippen LogP contribution in [-0.2, 0) is 13.2 Å². The van der Waals surface area contributed by atoms with Gasteiger partial charge in [0.2, 0.25) is 0 Å². The highest BCUT2D eigenvalue weighted by atomic mass is 35.5. The molecule has 2 rings (SSSR count). The monoisotopic (exact) mass is 249 g/mol. The normalized spacial score (nSPS) is 10.2. The fourth-order valence-corrected chi connectivity index (χ4v) is 1.56. The Morgan fingerprint density at radius 2 is 1.94 bits per heavy atom. The third-order valence-corrected chi connectivity index (χ3v) is 2.51. The lowest BCUT2D eigenvalue weighted by molar-refractivity contribution is 0.280. The summed E-state index contributed by atoms with van der Waals surface area (Å²) in [4.78, 5) is 4.14. The van der Waals surface area contributed by atoms with E-state index < -0.39 is 0 Å². The van der Waals surface area contributed by atoms with Crippen molar-refractivity contribution < 1.29 is 9.84 Å². The summed E-state index contributed by atoms with van der Waals surface area (Å²) in [7, 11) is 0. The molecule has 0 atom stereocenters. The first-order valence-electron chi connectivity index (χ1n) is 5.21. The second-order valence-corrected chi connectivity index (χ2v) is 3.99. The van der Waals surface area contributed by atoms with E-state index in [-0.39, 0.29) is 6.61 Å². The number of ether oxygens (including phenoxy) is 1. The number of benzene rings is 1. The van der Waals surface area contributed by atoms with Crippen molar-refractivity contribution in [1.29, 1.82) is 0 Å². The van der Waals surface area contributed by atoms with Crippen LogP contribution in [0.3, 0.4) is 0 Å². The van der Waals surface area contributed by atoms with E-state index >= 15 is 0 Å². The van der Waals surface area contributed by atoms with Crippen LogP contribution in [0.25, 0.3) is 0 Å². The molecule has 0 spiro atoms. The number of hydrogen-bond acceptors (Lipinski definition) is 3. The van der Waals surface area contributed by atoms with Crippen LogP contribution in [0.2, 0.25) is 5.02 Å². The summed E-state index contributed by atoms with van der Waals surface area (Å²) in [6.45, 7) is 0.412. The SMILES string of the molecule is OCc1ccc(OCc2cc(Cl)ccn2)cc1. The van der Waals surface area contributed by atoms with Crippen molar-refractivity contribution in [3.05, 3.63) is 58.9 Å². The summed E-state index contributed by atoms with van der Waals surface area (Å²) in [5, 5.41) is 9.55. The predicted octanol–water partition coefficient (Wildman–Crippen LogP) is 2.81. The lowest BCUT2D eigenvalue weighted by atomic mass is 10.2. The second kappa shape index (κ2) is 5.66. The highest BCUT2D eigenvalue weighted by molar-refractivity contribution is 6.30. The Morgan fingerprint density at radius 1 is 1.18 bits per heavy atom. The van der Waals surface area contributed by atoms with Crippen LogP contribution in [-0.4, -0.2) is 10.1 Å². The van der Waals surface area contributed by atoms with E-state index in [1.54, 1.807) is 18.3 Å². The number of rotatable bonds is 4. The Morgan fingerprint density at radius 3 is 2.59 bits per heavy atom. The maximum Gasteiger partial charge on any atom is 0.130 e. The molecule has 0 aliphatic carbocycles. The van der Waals surface area contributed by atoms with Gasteiger partial charge in [0.15, 0.2) is 0 Å². The van der Waals surface area contributed by atoms with Gasteiger partial charge in [0.05, 0.1) is 12.3 Å². The highest BCUT2D eigenvalue weighted by Gasteiger charge is 1.98. The molecule has 88 valence electrons. The van der Waals surface area contributed by atoms with Gasteiger partial charge in [-0.15, -0.1) is 0 Å². The van der Waals surface area contributed by atoms with Crippen LogP contribution in [0.1, 0.15) is 11.3 Å². The van der Waals surface area contributed by atoms with E-state index in [0.29, 0.717) is 11.6 Å². The van der Waals surface area contributed by atoms with Crippen molar-refractivity contribution in [2.75, 3.05) is 0 Å². The summed E-state index contributed by atoms with van der Waals surface area (Å²) < 4.78 is 5.54. The Labute approximate surface area is 105 Å². The molecule has 1 N–H and O–H groups in total. The van der Waals surface area contributed by atoms with E-state index in [1.807, 2.05) is 24.3 Å². The Balaban J connectivity index is 1.97. The number of nitrogens with zero attached hydrogens (tertiary/aromatic N) is 1. The first kappa shape index (κ1) is 11.9. The molecule has 0 bridgehead atoms. The third-order valence-electron chi connectivity index (χ3n) is 2.27. The molecule has 3 nitrogen and oxygen atoms in total. The molecule has 0 fully saturated rings. The molecule has 1 aromatic carbocycles. The largest absolute Gasteiger partial charge is 0.487 e. The molecule has 0 aliphatic rings. The zero-order valence-electron chi connectivity index (χ0n) is 9.14. The van der Waals surface area contributed by atoms with E-state index in [0.717, 1.165) is 17.0 Å². The average molecular weight is 250 g/mol. The summed E-state index contributed by atoms with van der Waals surface area (Å²) in [5.41, 5.74) is 1.64. The lowest BCUT2D eigenvalue weighted by Crippen LogP contribution is -1.97. The van der Waals surface area contributed by atoms with Gasteiger partial charge in [0.25, 0.3) is 0 Å². The van der Waals surface area contributed by atoms with Gasteiger partial charge in [-0.3, -0.25) is 4.98 Å². The third kappa shape index (κ3) is 3.44. The summed E-state index contributed by atoms with van der Waals surface area (Å²) in [6, 6.07) is 10.8. The summed E-state index contributed by atoms with van der Waals surface area (Å²) in [6.07, 6.45) is 1.65. The van der Waals surface area contributed by atoms with Gasteiger partial charge >= 0.3 is 0 Å². The number of pyridine rings is 1. The average Bonchev–Trinajstić information content (AvgIpc) is 2.37. The van der Waals surface area contributed by atoms with Crippen LogP contribution in [0.4, 0.5) is 0 Å². The predicted molar refractivity (Wildman–Crippen MR) is 65.9 cm³/mol. The van der Waals surface area contributed by atoms with Gasteiger partial charge in [0.1, 0.15) is 12.4 Å². The van der Waals surface area contributed by atoms with E-state index in [2.05, 4.69) is 4.98 Å². The van der Waals surface area contributed by atoms with E-state index in [4.69, 9.17) is 21.4 Å². The van der Waals surface area contributed by atoms with Crippen LogP contribution in [0.15, 0.2) is 42.6 Å². The Hall–Kier alpha value is -1.58. The smallest absolute Gasteiger partial charge is 0.130 e. The minimum Gasteiger partial charge on any atom is -0.487 e. The van der Waals surface area contributed by atoms with Crippen LogP contribution >= 0.6 is 11.6 Å². The van der Waals surface area contributed by atoms with Crippen LogP contribution < -0.4 is 4.74 Å². The van der Waals surface area contributed by atoms with Gasteiger partial charge in [-0.2, -0.15) is 0 Å². The van der Waals surface area contributed by atoms with Crippen molar-refractivity contribution in [3.8, 4) is 5.75 Å². The quantitative estimate of drug-likeness (QED) is 0.906. The molecule has 1 aromatic heterocycles. The summed E-state index contributed by atoms with van der Waals surface area (Å²) in [5.74, 6) is 0.740. The standard InChI is InChI=1S/C13H12ClNO2/c14-11-5-6-15-12(7-11)9-17-13-3-1-10(8-16)2-4-13/h1-7,16H,8-9H2. The van der Waals surface area contributed by atoms with Crippen molar-refractivity contribution in [2.45, 2.75) is 13.2 Å². The number of halogens is 1. The molecule has 1 heterocycles. The maximum atomic E-state index is 8.90. The Kier molecular flexibility index (Phi) is 3.96. The summed E-state index contributed by atoms with van der Waals surface area (Å²) >= 11 is 5.84. The molecule has 0 radical (unpaired) electrons. The molecular weight excluding hydrogens is 238 g/mol. The molecule has 0 amide bonds. The minimum absolute atomic E-state index is 0.0378. The topological polar surface area (TPSA) is 42.4 Å². The van der Waals surface area contributed by atoms with Crippen molar-refractivity contribution in [3.63, 3.8) is 0 Å². The van der Waals surface area contributed by atoms with Crippen molar-refractivity contribution in [1.82, 2.24) is 4.98 Å². The van der Waals surface area contributed by atoms with E-state index in [1.165, 1.54) is 0 Å². The van der Waals surface area contributed by atoms with E-state index in [9.17, 15) is 0 Å². The molecule has 17 heavy (non-hydrogen) atoms. The minimum atomic E-state index is 0.0378. The van der Waals surface area contributed by atoms with Gasteiger partial charge < -0.3 is 9.84 Å². The molecule has 4 heteroatoms. The maximum absolute atomic E-state index is 8.90. The molecular formula is C13H12ClNO2. The van der Waals surface area contributed by atoms with Gasteiger partial charge in [-0.25, -0.2) is 0 Å². The molecule has 0 saturated heterocycles. The van der Waals surface area contributed by atoms with Crippen LogP contribution in [0, 0.1) is 0 Å². The van der Waals surface area contributed by atoms with Crippen molar-refractivity contribution >= 4 is 11.6 Å². The fraction of sp³-hybridized carbons (Fsp3) is 0.154. The molecule has 2 aromatic rings. The number of aliphatic hydroxyl groups is 1. The zero-order valence-corrected chi connectivity index (χ0v) is 9.89. The molecule has 0 aliphatic heterocycles. The van der Waals surface area contributed by atoms with Gasteiger partial charge in [0, 0.05) is 11.2 Å². The van der Waals surface area contributed by atoms with Gasteiger partial charge in [-0.05, 0) is 29.8 Å². The first-order chi connectivity index (χ1) is 8.28. The van der Waals surface area contributed by atoms with Crippen molar-refractivity contribution in [2.24, 2.45) is 0 Å². The highest BCUT2D eigenvalue weighted by Crippen LogP contribution is 2.15. The van der Waals surface area contributed by atoms with Crippen LogP contribution in [0.5, 0.6) is 5.75 Å². The zero-order chi connectivity index (χ0) is 12.1. The second-order valence-electron chi connectivity index (χ2n) is 3.56. The fourth-order valence-electron chi connectivity index (χ4n) is 1.38.